The van der Waals surface area contributed by atoms with Gasteiger partial charge in [0.25, 0.3) is 5.56 Å². The van der Waals surface area contributed by atoms with E-state index >= 15 is 0 Å². The van der Waals surface area contributed by atoms with Gasteiger partial charge in [0.15, 0.2) is 4.96 Å². The number of fused-ring (bicyclic) bond motifs is 1. The number of nitrogens with zero attached hydrogens (tertiary/aromatic N) is 2. The van der Waals surface area contributed by atoms with Crippen LogP contribution in [0.3, 0.4) is 0 Å². The van der Waals surface area contributed by atoms with E-state index in [0.29, 0.717) is 29.4 Å². The normalized spacial score (nSPS) is 10.9. The van der Waals surface area contributed by atoms with E-state index in [2.05, 4.69) is 4.98 Å². The molecule has 6 heteroatoms. The van der Waals surface area contributed by atoms with Crippen LogP contribution in [-0.4, -0.2) is 16.0 Å². The lowest BCUT2D eigenvalue weighted by molar-refractivity contribution is 0.340. The summed E-state index contributed by atoms with van der Waals surface area (Å²) in [4.78, 5) is 16.8. The van der Waals surface area contributed by atoms with Crippen molar-refractivity contribution in [3.05, 3.63) is 57.3 Å². The zero-order valence-electron chi connectivity index (χ0n) is 11.6. The average molecular weight is 301 g/mol. The minimum absolute atomic E-state index is 0.260. The zero-order chi connectivity index (χ0) is 14.8. The fraction of sp³-hybridized carbons (Fsp3) is 0.200. The summed E-state index contributed by atoms with van der Waals surface area (Å²) in [6.45, 7) is 2.57. The molecule has 0 aliphatic heterocycles. The SMILES string of the molecule is CCOc1ccc(Cc2c(N)n3ccsc3nc2=O)cc1. The molecule has 0 radical (unpaired) electrons. The highest BCUT2D eigenvalue weighted by Gasteiger charge is 2.11. The van der Waals surface area contributed by atoms with Crippen molar-refractivity contribution in [2.75, 3.05) is 12.3 Å². The molecule has 0 bridgehead atoms. The number of hydrogen-bond donors (Lipinski definition) is 1. The molecule has 0 aliphatic carbocycles. The molecule has 0 unspecified atom stereocenters. The number of nitrogen functional groups attached to an aromatic ring is 1. The number of benzene rings is 1. The van der Waals surface area contributed by atoms with Crippen LogP contribution in [0.1, 0.15) is 18.1 Å². The van der Waals surface area contributed by atoms with Gasteiger partial charge in [-0.3, -0.25) is 9.20 Å². The molecular formula is C15H15N3O2S. The third kappa shape index (κ3) is 2.62. The van der Waals surface area contributed by atoms with E-state index in [1.54, 1.807) is 4.40 Å². The first-order valence-electron chi connectivity index (χ1n) is 6.65. The summed E-state index contributed by atoms with van der Waals surface area (Å²) in [6.07, 6.45) is 2.28. The topological polar surface area (TPSA) is 69.6 Å². The van der Waals surface area contributed by atoms with Gasteiger partial charge in [0.05, 0.1) is 12.2 Å². The fourth-order valence-electron chi connectivity index (χ4n) is 2.19. The number of ether oxygens (including phenoxy) is 1. The Hall–Kier alpha value is -2.34. The van der Waals surface area contributed by atoms with Crippen LogP contribution < -0.4 is 16.0 Å². The van der Waals surface area contributed by atoms with Crippen LogP contribution in [0.25, 0.3) is 4.96 Å². The van der Waals surface area contributed by atoms with Crippen LogP contribution in [0, 0.1) is 0 Å². The lowest BCUT2D eigenvalue weighted by atomic mass is 10.1. The van der Waals surface area contributed by atoms with E-state index in [4.69, 9.17) is 10.5 Å². The van der Waals surface area contributed by atoms with E-state index < -0.39 is 0 Å². The van der Waals surface area contributed by atoms with Gasteiger partial charge in [0.1, 0.15) is 11.6 Å². The molecule has 5 nitrogen and oxygen atoms in total. The summed E-state index contributed by atoms with van der Waals surface area (Å²) in [6, 6.07) is 7.66. The molecule has 0 atom stereocenters. The van der Waals surface area contributed by atoms with Gasteiger partial charge in [-0.25, -0.2) is 0 Å². The first kappa shape index (κ1) is 13.6. The van der Waals surface area contributed by atoms with Crippen molar-refractivity contribution in [3.63, 3.8) is 0 Å². The molecule has 3 rings (SSSR count). The molecular weight excluding hydrogens is 286 g/mol. The second-order valence-corrected chi connectivity index (χ2v) is 5.46. The van der Waals surface area contributed by atoms with Gasteiger partial charge in [-0.2, -0.15) is 4.98 Å². The van der Waals surface area contributed by atoms with Crippen molar-refractivity contribution in [2.24, 2.45) is 0 Å². The highest BCUT2D eigenvalue weighted by Crippen LogP contribution is 2.19. The number of rotatable bonds is 4. The fourth-order valence-corrected chi connectivity index (χ4v) is 2.90. The van der Waals surface area contributed by atoms with Gasteiger partial charge in [-0.05, 0) is 24.6 Å². The van der Waals surface area contributed by atoms with Crippen molar-refractivity contribution in [2.45, 2.75) is 13.3 Å². The highest BCUT2D eigenvalue weighted by molar-refractivity contribution is 7.15. The Morgan fingerprint density at radius 3 is 2.81 bits per heavy atom. The van der Waals surface area contributed by atoms with Crippen LogP contribution in [-0.2, 0) is 6.42 Å². The predicted molar refractivity (Wildman–Crippen MR) is 84.2 cm³/mol. The lowest BCUT2D eigenvalue weighted by Gasteiger charge is -2.08. The smallest absolute Gasteiger partial charge is 0.279 e. The van der Waals surface area contributed by atoms with Gasteiger partial charge in [0.2, 0.25) is 0 Å². The highest BCUT2D eigenvalue weighted by atomic mass is 32.1. The van der Waals surface area contributed by atoms with Gasteiger partial charge in [0, 0.05) is 18.0 Å². The second-order valence-electron chi connectivity index (χ2n) is 4.59. The molecule has 0 fully saturated rings. The number of thiazole rings is 1. The Balaban J connectivity index is 1.95. The molecule has 3 aromatic rings. The van der Waals surface area contributed by atoms with E-state index in [1.807, 2.05) is 42.8 Å². The summed E-state index contributed by atoms with van der Waals surface area (Å²) in [5, 5.41) is 1.86. The van der Waals surface area contributed by atoms with Gasteiger partial charge < -0.3 is 10.5 Å². The second kappa shape index (κ2) is 5.57. The Labute approximate surface area is 125 Å². The maximum Gasteiger partial charge on any atom is 0.279 e. The summed E-state index contributed by atoms with van der Waals surface area (Å²) >= 11 is 1.39. The number of nitrogens with two attached hydrogens (primary N) is 1. The number of hydrogen-bond acceptors (Lipinski definition) is 5. The molecule has 0 amide bonds. The lowest BCUT2D eigenvalue weighted by Crippen LogP contribution is -2.18. The van der Waals surface area contributed by atoms with Crippen molar-refractivity contribution >= 4 is 22.1 Å². The molecule has 2 heterocycles. The number of aromatic nitrogens is 2. The van der Waals surface area contributed by atoms with Crippen LogP contribution in [0.2, 0.25) is 0 Å². The molecule has 0 spiro atoms. The van der Waals surface area contributed by atoms with Crippen molar-refractivity contribution in [3.8, 4) is 5.75 Å². The molecule has 2 N–H and O–H groups in total. The van der Waals surface area contributed by atoms with Crippen LogP contribution in [0.15, 0.2) is 40.6 Å². The van der Waals surface area contributed by atoms with Crippen LogP contribution >= 0.6 is 11.3 Å². The van der Waals surface area contributed by atoms with E-state index in [9.17, 15) is 4.79 Å². The van der Waals surface area contributed by atoms with Crippen LogP contribution in [0.4, 0.5) is 5.82 Å². The zero-order valence-corrected chi connectivity index (χ0v) is 12.4. The third-order valence-corrected chi connectivity index (χ3v) is 3.99. The van der Waals surface area contributed by atoms with E-state index in [-0.39, 0.29) is 5.56 Å². The molecule has 2 aromatic heterocycles. The summed E-state index contributed by atoms with van der Waals surface area (Å²) in [7, 11) is 0. The largest absolute Gasteiger partial charge is 0.494 e. The predicted octanol–water partition coefficient (Wildman–Crippen LogP) is 2.33. The Morgan fingerprint density at radius 2 is 2.10 bits per heavy atom. The Kier molecular flexibility index (Phi) is 3.62. The van der Waals surface area contributed by atoms with Gasteiger partial charge in [-0.15, -0.1) is 11.3 Å². The minimum atomic E-state index is -0.260. The maximum atomic E-state index is 12.1. The quantitative estimate of drug-likeness (QED) is 0.803. The Bertz CT molecular complexity index is 821. The molecule has 108 valence electrons. The monoisotopic (exact) mass is 301 g/mol. The van der Waals surface area contributed by atoms with Crippen LogP contribution in [0.5, 0.6) is 5.75 Å². The standard InChI is InChI=1S/C15H15N3O2S/c1-2-20-11-5-3-10(4-6-11)9-12-13(16)18-7-8-21-15(18)17-14(12)19/h3-8H,2,9,16H2,1H3. The Morgan fingerprint density at radius 1 is 1.33 bits per heavy atom. The number of anilines is 1. The van der Waals surface area contributed by atoms with Crippen molar-refractivity contribution in [1.29, 1.82) is 0 Å². The van der Waals surface area contributed by atoms with Gasteiger partial charge >= 0.3 is 0 Å². The van der Waals surface area contributed by atoms with E-state index in [1.165, 1.54) is 11.3 Å². The molecule has 0 saturated heterocycles. The van der Waals surface area contributed by atoms with Gasteiger partial charge in [-0.1, -0.05) is 12.1 Å². The molecule has 0 saturated carbocycles. The van der Waals surface area contributed by atoms with Crippen molar-refractivity contribution < 1.29 is 4.74 Å². The summed E-state index contributed by atoms with van der Waals surface area (Å²) < 4.78 is 7.15. The first-order chi connectivity index (χ1) is 10.2. The summed E-state index contributed by atoms with van der Waals surface area (Å²) in [5.41, 5.74) is 7.36. The minimum Gasteiger partial charge on any atom is -0.494 e. The van der Waals surface area contributed by atoms with E-state index in [0.717, 1.165) is 11.3 Å². The van der Waals surface area contributed by atoms with Crippen molar-refractivity contribution in [1.82, 2.24) is 9.38 Å². The average Bonchev–Trinajstić information content (AvgIpc) is 2.94. The first-order valence-corrected chi connectivity index (χ1v) is 7.53. The molecule has 0 aliphatic rings. The molecule has 21 heavy (non-hydrogen) atoms. The molecule has 1 aromatic carbocycles. The third-order valence-electron chi connectivity index (χ3n) is 3.23. The maximum absolute atomic E-state index is 12.1. The summed E-state index contributed by atoms with van der Waals surface area (Å²) in [5.74, 6) is 1.28.